The molecule has 0 radical (unpaired) electrons. The summed E-state index contributed by atoms with van der Waals surface area (Å²) in [6, 6.07) is 4.01. The number of hydrogen-bond acceptors (Lipinski definition) is 8. The van der Waals surface area contributed by atoms with Gasteiger partial charge >= 0.3 is 0 Å². The summed E-state index contributed by atoms with van der Waals surface area (Å²) in [6.45, 7) is 11.5. The Morgan fingerprint density at radius 2 is 2.03 bits per heavy atom. The number of ketones is 1. The van der Waals surface area contributed by atoms with Gasteiger partial charge in [-0.3, -0.25) is 4.79 Å². The van der Waals surface area contributed by atoms with Gasteiger partial charge in [-0.25, -0.2) is 9.98 Å². The number of nitrogens with two attached hydrogens (primary N) is 1. The van der Waals surface area contributed by atoms with Crippen LogP contribution in [0.25, 0.3) is 5.57 Å². The number of hydrogen-bond donors (Lipinski definition) is 2. The molecule has 0 spiro atoms. The third-order valence-electron chi connectivity index (χ3n) is 6.16. The average Bonchev–Trinajstić information content (AvgIpc) is 3.40. The van der Waals surface area contributed by atoms with E-state index in [0.717, 1.165) is 44.9 Å². The van der Waals surface area contributed by atoms with Gasteiger partial charge in [0, 0.05) is 23.8 Å². The first-order valence-corrected chi connectivity index (χ1v) is 12.5. The second-order valence-corrected chi connectivity index (χ2v) is 10.2. The molecule has 1 unspecified atom stereocenters. The Morgan fingerprint density at radius 1 is 1.29 bits per heavy atom. The van der Waals surface area contributed by atoms with Crippen LogP contribution in [0.3, 0.4) is 0 Å². The van der Waals surface area contributed by atoms with Crippen molar-refractivity contribution in [2.24, 2.45) is 22.6 Å². The van der Waals surface area contributed by atoms with Gasteiger partial charge in [-0.2, -0.15) is 0 Å². The number of nitrogens with one attached hydrogen (secondary N) is 1. The topological polar surface area (TPSA) is 104 Å². The summed E-state index contributed by atoms with van der Waals surface area (Å²) in [5.74, 6) is 3.46. The fourth-order valence-electron chi connectivity index (χ4n) is 4.23. The van der Waals surface area contributed by atoms with Gasteiger partial charge in [0.2, 0.25) is 6.79 Å². The van der Waals surface area contributed by atoms with Crippen molar-refractivity contribution in [3.05, 3.63) is 29.5 Å². The molecule has 182 valence electrons. The Morgan fingerprint density at radius 3 is 2.74 bits per heavy atom. The molecule has 2 aromatic rings. The molecule has 34 heavy (non-hydrogen) atoms. The second-order valence-electron chi connectivity index (χ2n) is 9.14. The summed E-state index contributed by atoms with van der Waals surface area (Å²) in [5.41, 5.74) is 8.97. The lowest BCUT2D eigenvalue weighted by Crippen LogP contribution is -2.24. The number of benzene rings is 1. The van der Waals surface area contributed by atoms with Crippen molar-refractivity contribution in [3.8, 4) is 11.5 Å². The predicted octanol–water partition coefficient (Wildman–Crippen LogP) is 4.92. The number of anilines is 1. The molecule has 1 atom stereocenters. The van der Waals surface area contributed by atoms with Crippen LogP contribution in [0.5, 0.6) is 11.5 Å². The maximum Gasteiger partial charge on any atom is 0.231 e. The quantitative estimate of drug-likeness (QED) is 0.522. The Labute approximate surface area is 205 Å². The number of carbonyl (C=O) groups excluding carboxylic acids is 1. The van der Waals surface area contributed by atoms with Crippen LogP contribution in [0.2, 0.25) is 0 Å². The van der Waals surface area contributed by atoms with Crippen LogP contribution in [0.1, 0.15) is 58.7 Å². The summed E-state index contributed by atoms with van der Waals surface area (Å²) in [4.78, 5) is 22.9. The minimum absolute atomic E-state index is 0.0350. The number of fused-ring (bicyclic) bond motifs is 2. The molecule has 0 saturated carbocycles. The highest BCUT2D eigenvalue weighted by molar-refractivity contribution is 7.99. The Hall–Kier alpha value is -2.94. The number of aliphatic imine (C=N–C) groups is 1. The van der Waals surface area contributed by atoms with E-state index in [1.807, 2.05) is 26.0 Å². The highest BCUT2D eigenvalue weighted by Crippen LogP contribution is 2.43. The summed E-state index contributed by atoms with van der Waals surface area (Å²) >= 11 is 1.53. The Bertz CT molecular complexity index is 1150. The average molecular weight is 484 g/mol. The van der Waals surface area contributed by atoms with Gasteiger partial charge < -0.3 is 25.1 Å². The van der Waals surface area contributed by atoms with E-state index in [1.54, 1.807) is 0 Å². The van der Waals surface area contributed by atoms with Crippen LogP contribution in [0, 0.1) is 11.8 Å². The van der Waals surface area contributed by atoms with E-state index in [-0.39, 0.29) is 18.5 Å². The molecular formula is C25H33N5O3S. The molecule has 2 aliphatic heterocycles. The number of aromatic nitrogens is 2. The molecule has 8 nitrogen and oxygen atoms in total. The van der Waals surface area contributed by atoms with Gasteiger partial charge in [-0.1, -0.05) is 38.6 Å². The first kappa shape index (κ1) is 24.2. The summed E-state index contributed by atoms with van der Waals surface area (Å²) in [6.07, 6.45) is 3.40. The maximum atomic E-state index is 12.8. The zero-order valence-corrected chi connectivity index (χ0v) is 21.3. The number of imidazole rings is 1. The second kappa shape index (κ2) is 10.1. The number of nitrogens with zero attached hydrogens (tertiary/aromatic N) is 3. The molecule has 0 saturated heterocycles. The van der Waals surface area contributed by atoms with Gasteiger partial charge in [0.15, 0.2) is 16.7 Å². The molecule has 0 fully saturated rings. The zero-order chi connectivity index (χ0) is 24.4. The van der Waals surface area contributed by atoms with E-state index < -0.39 is 0 Å². The molecule has 1 aromatic heterocycles. The van der Waals surface area contributed by atoms with Gasteiger partial charge in [0.1, 0.15) is 29.8 Å². The molecular weight excluding hydrogens is 450 g/mol. The predicted molar refractivity (Wildman–Crippen MR) is 136 cm³/mol. The molecule has 9 heteroatoms. The van der Waals surface area contributed by atoms with E-state index >= 15 is 0 Å². The van der Waals surface area contributed by atoms with Crippen molar-refractivity contribution >= 4 is 34.8 Å². The highest BCUT2D eigenvalue weighted by Gasteiger charge is 2.26. The van der Waals surface area contributed by atoms with Crippen molar-refractivity contribution in [2.75, 3.05) is 18.8 Å². The Balaban J connectivity index is 1.68. The zero-order valence-electron chi connectivity index (χ0n) is 20.5. The third-order valence-corrected chi connectivity index (χ3v) is 7.21. The minimum Gasteiger partial charge on any atom is -0.454 e. The fourth-order valence-corrected chi connectivity index (χ4v) is 5.35. The normalized spacial score (nSPS) is 15.7. The lowest BCUT2D eigenvalue weighted by molar-refractivity contribution is -0.123. The molecule has 3 heterocycles. The molecule has 0 amide bonds. The van der Waals surface area contributed by atoms with Crippen molar-refractivity contribution in [1.82, 2.24) is 9.55 Å². The van der Waals surface area contributed by atoms with Crippen LogP contribution in [-0.2, 0) is 11.3 Å². The van der Waals surface area contributed by atoms with Crippen molar-refractivity contribution < 1.29 is 14.3 Å². The summed E-state index contributed by atoms with van der Waals surface area (Å²) < 4.78 is 13.3. The number of amidine groups is 1. The SMILES string of the molecule is CC=C(C)c1cc2c(cc1Sc1nc3c(n1CCC(=O)C(C)CC(C)C)NCN=C3N)OCO2. The highest BCUT2D eigenvalue weighted by atomic mass is 32.2. The van der Waals surface area contributed by atoms with Crippen molar-refractivity contribution in [1.29, 1.82) is 0 Å². The van der Waals surface area contributed by atoms with Crippen LogP contribution >= 0.6 is 11.8 Å². The first-order chi connectivity index (χ1) is 16.3. The number of allylic oxidation sites excluding steroid dienone is 2. The smallest absolute Gasteiger partial charge is 0.231 e. The minimum atomic E-state index is 0.0350. The van der Waals surface area contributed by atoms with Crippen molar-refractivity contribution in [3.63, 3.8) is 0 Å². The third kappa shape index (κ3) is 4.94. The van der Waals surface area contributed by atoms with Crippen LogP contribution in [0.15, 0.2) is 33.3 Å². The molecule has 4 rings (SSSR count). The van der Waals surface area contributed by atoms with E-state index in [1.165, 1.54) is 11.8 Å². The van der Waals surface area contributed by atoms with Gasteiger partial charge in [0.25, 0.3) is 0 Å². The summed E-state index contributed by atoms with van der Waals surface area (Å²) in [5, 5.41) is 4.05. The van der Waals surface area contributed by atoms with Crippen LogP contribution in [-0.4, -0.2) is 34.6 Å². The maximum absolute atomic E-state index is 12.8. The van der Waals surface area contributed by atoms with Crippen molar-refractivity contribution in [2.45, 2.75) is 64.1 Å². The number of Topliss-reactive ketones (excluding diaryl/α,β-unsaturated/α-hetero) is 1. The van der Waals surface area contributed by atoms with E-state index in [4.69, 9.17) is 20.2 Å². The molecule has 2 aliphatic rings. The molecule has 0 bridgehead atoms. The van der Waals surface area contributed by atoms with Gasteiger partial charge in [-0.15, -0.1) is 0 Å². The van der Waals surface area contributed by atoms with E-state index in [0.29, 0.717) is 37.1 Å². The fraction of sp³-hybridized carbons (Fsp3) is 0.480. The lowest BCUT2D eigenvalue weighted by atomic mass is 9.93. The van der Waals surface area contributed by atoms with Crippen LogP contribution in [0.4, 0.5) is 5.82 Å². The van der Waals surface area contributed by atoms with Crippen LogP contribution < -0.4 is 20.5 Å². The molecule has 3 N–H and O–H groups in total. The first-order valence-electron chi connectivity index (χ1n) is 11.7. The number of carbonyl (C=O) groups is 1. The largest absolute Gasteiger partial charge is 0.454 e. The standard InChI is InChI=1S/C25H33N5O3S/c1-6-15(4)17-10-19-20(33-13-32-19)11-21(17)34-25-29-22-23(26)27-12-28-24(22)30(25)8-7-18(31)16(5)9-14(2)3/h6,10-11,14,16,28H,7-9,12-13H2,1-5H3,(H2,26,27). The summed E-state index contributed by atoms with van der Waals surface area (Å²) in [7, 11) is 0. The lowest BCUT2D eigenvalue weighted by Gasteiger charge is -2.17. The molecule has 0 aliphatic carbocycles. The number of rotatable bonds is 9. The molecule has 1 aromatic carbocycles. The van der Waals surface area contributed by atoms with Gasteiger partial charge in [0.05, 0.1) is 0 Å². The van der Waals surface area contributed by atoms with E-state index in [9.17, 15) is 4.79 Å². The van der Waals surface area contributed by atoms with E-state index in [2.05, 4.69) is 41.7 Å². The van der Waals surface area contributed by atoms with Gasteiger partial charge in [-0.05, 0) is 49.5 Å². The monoisotopic (exact) mass is 483 g/mol. The Kier molecular flexibility index (Phi) is 7.21. The number of ether oxygens (including phenoxy) is 2.